The van der Waals surface area contributed by atoms with Gasteiger partial charge in [0.25, 0.3) is 0 Å². The van der Waals surface area contributed by atoms with Crippen LogP contribution in [-0.2, 0) is 16.0 Å². The Morgan fingerprint density at radius 2 is 2.50 bits per heavy atom. The minimum atomic E-state index is -0.371. The van der Waals surface area contributed by atoms with Crippen molar-refractivity contribution >= 4 is 5.97 Å². The van der Waals surface area contributed by atoms with E-state index in [0.29, 0.717) is 12.4 Å². The zero-order valence-electron chi connectivity index (χ0n) is 8.77. The molecule has 6 nitrogen and oxygen atoms in total. The molecule has 6 heteroatoms. The predicted molar refractivity (Wildman–Crippen MR) is 54.4 cm³/mol. The number of aromatic amines is 1. The number of ether oxygens (including phenoxy) is 1. The number of carbonyl (C=O) groups excluding carboxylic acids is 1. The van der Waals surface area contributed by atoms with Crippen LogP contribution in [0.2, 0.25) is 0 Å². The van der Waals surface area contributed by atoms with Crippen LogP contribution in [0.15, 0.2) is 22.9 Å². The van der Waals surface area contributed by atoms with E-state index >= 15 is 0 Å². The molecule has 2 heterocycles. The molecule has 0 aliphatic heterocycles. The van der Waals surface area contributed by atoms with Crippen LogP contribution in [0.1, 0.15) is 12.8 Å². The molecule has 0 aromatic carbocycles. The van der Waals surface area contributed by atoms with Crippen LogP contribution in [-0.4, -0.2) is 27.7 Å². The van der Waals surface area contributed by atoms with Gasteiger partial charge in [0.05, 0.1) is 12.3 Å². The summed E-state index contributed by atoms with van der Waals surface area (Å²) in [5.41, 5.74) is 0.749. The van der Waals surface area contributed by atoms with E-state index in [1.165, 1.54) is 0 Å². The van der Waals surface area contributed by atoms with Crippen LogP contribution in [0.3, 0.4) is 0 Å². The number of carbonyl (C=O) groups is 1. The lowest BCUT2D eigenvalue weighted by molar-refractivity contribution is -0.142. The molecule has 0 spiro atoms. The van der Waals surface area contributed by atoms with Crippen molar-refractivity contribution in [2.45, 2.75) is 13.3 Å². The number of esters is 1. The highest BCUT2D eigenvalue weighted by atomic mass is 16.5. The van der Waals surface area contributed by atoms with E-state index in [9.17, 15) is 4.79 Å². The molecule has 0 amide bonds. The van der Waals surface area contributed by atoms with Crippen molar-refractivity contribution in [1.82, 2.24) is 15.1 Å². The number of H-pyrrole nitrogens is 1. The maximum absolute atomic E-state index is 11.2. The molecule has 84 valence electrons. The fraction of sp³-hybridized carbons (Fsp3) is 0.300. The first-order chi connectivity index (χ1) is 7.79. The van der Waals surface area contributed by atoms with Crippen molar-refractivity contribution in [2.24, 2.45) is 0 Å². The van der Waals surface area contributed by atoms with E-state index in [1.54, 1.807) is 13.1 Å². The van der Waals surface area contributed by atoms with E-state index in [0.717, 1.165) is 5.69 Å². The fourth-order valence-electron chi connectivity index (χ4n) is 1.24. The molecule has 0 unspecified atom stereocenters. The average Bonchev–Trinajstić information content (AvgIpc) is 2.86. The molecule has 2 rings (SSSR count). The van der Waals surface area contributed by atoms with Crippen LogP contribution >= 0.6 is 0 Å². The van der Waals surface area contributed by atoms with Crippen LogP contribution in [0.25, 0.3) is 11.5 Å². The Hall–Kier alpha value is -2.11. The van der Waals surface area contributed by atoms with Gasteiger partial charge < -0.3 is 14.2 Å². The SMILES string of the molecule is CCOC(=O)Cc1nc(-c2ccc[nH]2)no1. The predicted octanol–water partition coefficient (Wildman–Crippen LogP) is 1.17. The lowest BCUT2D eigenvalue weighted by Crippen LogP contribution is -2.07. The Kier molecular flexibility index (Phi) is 3.00. The average molecular weight is 221 g/mol. The Balaban J connectivity index is 2.06. The molecule has 0 saturated carbocycles. The lowest BCUT2D eigenvalue weighted by Gasteiger charge is -1.96. The first-order valence-electron chi connectivity index (χ1n) is 4.91. The summed E-state index contributed by atoms with van der Waals surface area (Å²) in [6, 6.07) is 3.65. The molecular formula is C10H11N3O3. The van der Waals surface area contributed by atoms with Crippen LogP contribution in [0, 0.1) is 0 Å². The first kappa shape index (κ1) is 10.4. The second kappa shape index (κ2) is 4.61. The Morgan fingerprint density at radius 3 is 3.19 bits per heavy atom. The minimum Gasteiger partial charge on any atom is -0.466 e. The quantitative estimate of drug-likeness (QED) is 0.784. The van der Waals surface area contributed by atoms with E-state index < -0.39 is 0 Å². The number of hydrogen-bond acceptors (Lipinski definition) is 5. The van der Waals surface area contributed by atoms with Gasteiger partial charge in [-0.3, -0.25) is 4.79 Å². The summed E-state index contributed by atoms with van der Waals surface area (Å²) in [4.78, 5) is 18.2. The molecule has 0 radical (unpaired) electrons. The van der Waals surface area contributed by atoms with Crippen molar-refractivity contribution in [3.8, 4) is 11.5 Å². The summed E-state index contributed by atoms with van der Waals surface area (Å²) < 4.78 is 9.69. The van der Waals surface area contributed by atoms with Gasteiger partial charge in [-0.1, -0.05) is 5.16 Å². The highest BCUT2D eigenvalue weighted by Crippen LogP contribution is 2.12. The molecule has 0 fully saturated rings. The van der Waals surface area contributed by atoms with Gasteiger partial charge in [0, 0.05) is 6.20 Å². The number of nitrogens with one attached hydrogen (secondary N) is 1. The van der Waals surface area contributed by atoms with Gasteiger partial charge in [-0.2, -0.15) is 4.98 Å². The van der Waals surface area contributed by atoms with Crippen molar-refractivity contribution < 1.29 is 14.1 Å². The molecule has 0 aliphatic rings. The lowest BCUT2D eigenvalue weighted by atomic mass is 10.4. The number of nitrogens with zero attached hydrogens (tertiary/aromatic N) is 2. The molecule has 0 bridgehead atoms. The molecule has 0 aliphatic carbocycles. The standard InChI is InChI=1S/C10H11N3O3/c1-2-15-9(14)6-8-12-10(13-16-8)7-4-3-5-11-7/h3-5,11H,2,6H2,1H3. The Bertz CT molecular complexity index is 461. The van der Waals surface area contributed by atoms with Crippen molar-refractivity contribution in [3.63, 3.8) is 0 Å². The normalized spacial score (nSPS) is 10.3. The maximum Gasteiger partial charge on any atom is 0.315 e. The van der Waals surface area contributed by atoms with Gasteiger partial charge in [0.2, 0.25) is 11.7 Å². The number of hydrogen-bond donors (Lipinski definition) is 1. The summed E-state index contributed by atoms with van der Waals surface area (Å²) in [6.45, 7) is 2.09. The summed E-state index contributed by atoms with van der Waals surface area (Å²) in [6.07, 6.45) is 1.76. The van der Waals surface area contributed by atoms with Gasteiger partial charge in [0.15, 0.2) is 0 Å². The second-order valence-corrected chi connectivity index (χ2v) is 3.08. The third-order valence-corrected chi connectivity index (χ3v) is 1.91. The highest BCUT2D eigenvalue weighted by Gasteiger charge is 2.13. The number of aromatic nitrogens is 3. The van der Waals surface area contributed by atoms with Crippen molar-refractivity contribution in [2.75, 3.05) is 6.61 Å². The van der Waals surface area contributed by atoms with E-state index in [4.69, 9.17) is 9.26 Å². The van der Waals surface area contributed by atoms with Crippen molar-refractivity contribution in [1.29, 1.82) is 0 Å². The van der Waals surface area contributed by atoms with Gasteiger partial charge in [0.1, 0.15) is 6.42 Å². The zero-order valence-corrected chi connectivity index (χ0v) is 8.77. The summed E-state index contributed by atoms with van der Waals surface area (Å²) >= 11 is 0. The molecule has 0 saturated heterocycles. The summed E-state index contributed by atoms with van der Waals surface area (Å²) in [7, 11) is 0. The molecule has 1 N–H and O–H groups in total. The Labute approximate surface area is 91.6 Å². The number of rotatable bonds is 4. The third kappa shape index (κ3) is 2.28. The second-order valence-electron chi connectivity index (χ2n) is 3.08. The smallest absolute Gasteiger partial charge is 0.315 e. The molecule has 2 aromatic rings. The van der Waals surface area contributed by atoms with E-state index in [2.05, 4.69) is 15.1 Å². The summed E-state index contributed by atoms with van der Waals surface area (Å²) in [5, 5.41) is 3.75. The topological polar surface area (TPSA) is 81.0 Å². The van der Waals surface area contributed by atoms with Crippen LogP contribution < -0.4 is 0 Å². The minimum absolute atomic E-state index is 0.00154. The van der Waals surface area contributed by atoms with Crippen molar-refractivity contribution in [3.05, 3.63) is 24.2 Å². The van der Waals surface area contributed by atoms with Gasteiger partial charge in [-0.25, -0.2) is 0 Å². The van der Waals surface area contributed by atoms with E-state index in [1.807, 2.05) is 12.1 Å². The Morgan fingerprint density at radius 1 is 1.62 bits per heavy atom. The first-order valence-corrected chi connectivity index (χ1v) is 4.91. The largest absolute Gasteiger partial charge is 0.466 e. The van der Waals surface area contributed by atoms with Gasteiger partial charge in [-0.15, -0.1) is 0 Å². The van der Waals surface area contributed by atoms with Crippen LogP contribution in [0.4, 0.5) is 0 Å². The van der Waals surface area contributed by atoms with Crippen LogP contribution in [0.5, 0.6) is 0 Å². The maximum atomic E-state index is 11.2. The van der Waals surface area contributed by atoms with Gasteiger partial charge in [-0.05, 0) is 19.1 Å². The van der Waals surface area contributed by atoms with E-state index in [-0.39, 0.29) is 18.3 Å². The molecule has 0 atom stereocenters. The monoisotopic (exact) mass is 221 g/mol. The molecule has 2 aromatic heterocycles. The molecule has 16 heavy (non-hydrogen) atoms. The molecular weight excluding hydrogens is 210 g/mol. The van der Waals surface area contributed by atoms with Gasteiger partial charge >= 0.3 is 5.97 Å². The zero-order chi connectivity index (χ0) is 11.4. The summed E-state index contributed by atoms with van der Waals surface area (Å²) in [5.74, 6) is 0.316. The highest BCUT2D eigenvalue weighted by molar-refractivity contribution is 5.71. The fourth-order valence-corrected chi connectivity index (χ4v) is 1.24. The third-order valence-electron chi connectivity index (χ3n) is 1.91.